The molecule has 1 aliphatic carbocycles. The van der Waals surface area contributed by atoms with Gasteiger partial charge in [0.2, 0.25) is 0 Å². The monoisotopic (exact) mass is 327 g/mol. The van der Waals surface area contributed by atoms with Gasteiger partial charge in [-0.1, -0.05) is 0 Å². The summed E-state index contributed by atoms with van der Waals surface area (Å²) in [4.78, 5) is 21.3. The number of nitrogens with zero attached hydrogens (tertiary/aromatic N) is 3. The number of nitrogens with one attached hydrogen (secondary N) is 2. The Kier molecular flexibility index (Phi) is 4.02. The molecular weight excluding hydrogens is 306 g/mol. The van der Waals surface area contributed by atoms with E-state index in [1.807, 2.05) is 13.1 Å². The summed E-state index contributed by atoms with van der Waals surface area (Å²) < 4.78 is 5.80. The minimum atomic E-state index is -0.0882. The van der Waals surface area contributed by atoms with Crippen molar-refractivity contribution in [1.82, 2.24) is 25.5 Å². The van der Waals surface area contributed by atoms with Crippen LogP contribution < -0.4 is 5.32 Å². The Bertz CT molecular complexity index is 727. The number of aromatic nitrogens is 4. The summed E-state index contributed by atoms with van der Waals surface area (Å²) in [5.74, 6) is 1.30. The molecule has 3 heterocycles. The van der Waals surface area contributed by atoms with Crippen molar-refractivity contribution in [2.45, 2.75) is 38.2 Å². The fourth-order valence-corrected chi connectivity index (χ4v) is 3.28. The van der Waals surface area contributed by atoms with Crippen molar-refractivity contribution in [3.63, 3.8) is 0 Å². The first-order valence-electron chi connectivity index (χ1n) is 8.44. The Morgan fingerprint density at radius 3 is 3.00 bits per heavy atom. The van der Waals surface area contributed by atoms with Crippen LogP contribution in [0.2, 0.25) is 0 Å². The molecule has 2 N–H and O–H groups in total. The van der Waals surface area contributed by atoms with E-state index in [4.69, 9.17) is 4.74 Å². The number of carbonyl (C=O) groups excluding carboxylic acids is 1. The molecule has 1 aliphatic heterocycles. The summed E-state index contributed by atoms with van der Waals surface area (Å²) in [6.45, 7) is 3.14. The summed E-state index contributed by atoms with van der Waals surface area (Å²) in [7, 11) is 0. The Balaban J connectivity index is 1.43. The van der Waals surface area contributed by atoms with Crippen LogP contribution in [-0.4, -0.2) is 39.2 Å². The lowest BCUT2D eigenvalue weighted by atomic mass is 9.97. The molecule has 24 heavy (non-hydrogen) atoms. The highest BCUT2D eigenvalue weighted by molar-refractivity contribution is 5.95. The first kappa shape index (κ1) is 15.3. The fourth-order valence-electron chi connectivity index (χ4n) is 3.28. The number of H-pyrrole nitrogens is 1. The normalized spacial score (nSPS) is 23.4. The molecule has 4 rings (SSSR count). The van der Waals surface area contributed by atoms with Gasteiger partial charge in [-0.25, -0.2) is 9.97 Å². The second-order valence-electron chi connectivity index (χ2n) is 6.57. The predicted molar refractivity (Wildman–Crippen MR) is 86.5 cm³/mol. The minimum Gasteiger partial charge on any atom is -0.373 e. The number of aromatic amines is 1. The van der Waals surface area contributed by atoms with E-state index in [1.54, 1.807) is 12.4 Å². The largest absolute Gasteiger partial charge is 0.373 e. The van der Waals surface area contributed by atoms with E-state index in [1.165, 1.54) is 0 Å². The summed E-state index contributed by atoms with van der Waals surface area (Å²) in [6.07, 6.45) is 8.42. The van der Waals surface area contributed by atoms with Crippen LogP contribution >= 0.6 is 0 Å². The highest BCUT2D eigenvalue weighted by Gasteiger charge is 2.32. The molecule has 126 valence electrons. The Labute approximate surface area is 140 Å². The van der Waals surface area contributed by atoms with Crippen molar-refractivity contribution in [3.05, 3.63) is 41.2 Å². The predicted octanol–water partition coefficient (Wildman–Crippen LogP) is 1.89. The number of carbonyl (C=O) groups is 1. The molecular formula is C17H21N5O2. The molecule has 7 nitrogen and oxygen atoms in total. The first-order valence-corrected chi connectivity index (χ1v) is 8.44. The van der Waals surface area contributed by atoms with E-state index >= 15 is 0 Å². The highest BCUT2D eigenvalue weighted by atomic mass is 16.5. The van der Waals surface area contributed by atoms with Crippen LogP contribution in [0.3, 0.4) is 0 Å². The molecule has 0 aromatic carbocycles. The van der Waals surface area contributed by atoms with Gasteiger partial charge in [0.15, 0.2) is 0 Å². The average molecular weight is 327 g/mol. The number of rotatable bonds is 5. The maximum absolute atomic E-state index is 12.6. The maximum atomic E-state index is 12.6. The van der Waals surface area contributed by atoms with Gasteiger partial charge in [-0.15, -0.1) is 0 Å². The lowest BCUT2D eigenvalue weighted by Crippen LogP contribution is -2.31. The Morgan fingerprint density at radius 1 is 1.38 bits per heavy atom. The molecule has 1 saturated heterocycles. The van der Waals surface area contributed by atoms with Gasteiger partial charge in [0.25, 0.3) is 5.91 Å². The maximum Gasteiger partial charge on any atom is 0.254 e. The van der Waals surface area contributed by atoms with Gasteiger partial charge in [-0.2, -0.15) is 5.10 Å². The zero-order valence-corrected chi connectivity index (χ0v) is 13.7. The average Bonchev–Trinajstić information content (AvgIpc) is 3.09. The van der Waals surface area contributed by atoms with Crippen molar-refractivity contribution < 1.29 is 9.53 Å². The van der Waals surface area contributed by atoms with Crippen LogP contribution in [0, 0.1) is 12.8 Å². The third-order valence-electron chi connectivity index (χ3n) is 4.73. The van der Waals surface area contributed by atoms with Crippen molar-refractivity contribution in [2.75, 3.05) is 13.2 Å². The minimum absolute atomic E-state index is 0.0128. The lowest BCUT2D eigenvalue weighted by molar-refractivity contribution is 0.0845. The molecule has 2 aliphatic rings. The summed E-state index contributed by atoms with van der Waals surface area (Å²) in [6, 6.07) is 0. The quantitative estimate of drug-likeness (QED) is 0.875. The standard InChI is InChI=1S/C17H21N5O2/c1-10-18-9-14(15(22-10)11-2-3-11)17(23)19-6-12-4-5-24-16(12)13-7-20-21-8-13/h7-9,11-12,16H,2-6H2,1H3,(H,19,23)(H,20,21)/t12-,16+/m0/s1. The van der Waals surface area contributed by atoms with Crippen LogP contribution in [0.4, 0.5) is 0 Å². The molecule has 2 aromatic rings. The van der Waals surface area contributed by atoms with Crippen LogP contribution in [0.15, 0.2) is 18.6 Å². The van der Waals surface area contributed by atoms with Crippen LogP contribution in [-0.2, 0) is 4.74 Å². The van der Waals surface area contributed by atoms with E-state index in [-0.39, 0.29) is 17.9 Å². The number of aryl methyl sites for hydroxylation is 1. The van der Waals surface area contributed by atoms with Gasteiger partial charge in [0, 0.05) is 42.9 Å². The number of ether oxygens (including phenoxy) is 1. The molecule has 0 unspecified atom stereocenters. The van der Waals surface area contributed by atoms with Gasteiger partial charge in [-0.05, 0) is 26.2 Å². The lowest BCUT2D eigenvalue weighted by Gasteiger charge is -2.18. The smallest absolute Gasteiger partial charge is 0.254 e. The van der Waals surface area contributed by atoms with Crippen molar-refractivity contribution in [3.8, 4) is 0 Å². The first-order chi connectivity index (χ1) is 11.7. The molecule has 2 aromatic heterocycles. The van der Waals surface area contributed by atoms with Crippen molar-refractivity contribution >= 4 is 5.91 Å². The van der Waals surface area contributed by atoms with Gasteiger partial charge < -0.3 is 10.1 Å². The van der Waals surface area contributed by atoms with E-state index in [2.05, 4.69) is 25.5 Å². The van der Waals surface area contributed by atoms with Gasteiger partial charge in [0.05, 0.1) is 23.6 Å². The molecule has 2 atom stereocenters. The molecule has 1 saturated carbocycles. The Hall–Kier alpha value is -2.28. The van der Waals surface area contributed by atoms with Crippen LogP contribution in [0.25, 0.3) is 0 Å². The molecule has 2 fully saturated rings. The van der Waals surface area contributed by atoms with Crippen molar-refractivity contribution in [2.24, 2.45) is 5.92 Å². The van der Waals surface area contributed by atoms with Gasteiger partial charge in [-0.3, -0.25) is 9.89 Å². The third-order valence-corrected chi connectivity index (χ3v) is 4.73. The molecule has 0 bridgehead atoms. The number of hydrogen-bond acceptors (Lipinski definition) is 5. The van der Waals surface area contributed by atoms with Gasteiger partial charge >= 0.3 is 0 Å². The SMILES string of the molecule is Cc1ncc(C(=O)NC[C@@H]2CCO[C@H]2c2cn[nH]c2)c(C2CC2)n1. The summed E-state index contributed by atoms with van der Waals surface area (Å²) in [5, 5.41) is 9.84. The van der Waals surface area contributed by atoms with Crippen LogP contribution in [0.5, 0.6) is 0 Å². The second-order valence-corrected chi connectivity index (χ2v) is 6.57. The van der Waals surface area contributed by atoms with E-state index < -0.39 is 0 Å². The summed E-state index contributed by atoms with van der Waals surface area (Å²) in [5.41, 5.74) is 2.54. The van der Waals surface area contributed by atoms with E-state index in [0.717, 1.165) is 36.3 Å². The molecule has 1 amide bonds. The number of hydrogen-bond donors (Lipinski definition) is 2. The number of amides is 1. The zero-order valence-electron chi connectivity index (χ0n) is 13.7. The molecule has 0 spiro atoms. The van der Waals surface area contributed by atoms with Gasteiger partial charge in [0.1, 0.15) is 5.82 Å². The topological polar surface area (TPSA) is 92.8 Å². The second kappa shape index (κ2) is 6.32. The Morgan fingerprint density at radius 2 is 2.25 bits per heavy atom. The fraction of sp³-hybridized carbons (Fsp3) is 0.529. The van der Waals surface area contributed by atoms with Crippen molar-refractivity contribution in [1.29, 1.82) is 0 Å². The zero-order chi connectivity index (χ0) is 16.5. The molecule has 0 radical (unpaired) electrons. The van der Waals surface area contributed by atoms with E-state index in [9.17, 15) is 4.79 Å². The van der Waals surface area contributed by atoms with E-state index in [0.29, 0.717) is 24.6 Å². The molecule has 7 heteroatoms. The third kappa shape index (κ3) is 3.03. The highest BCUT2D eigenvalue weighted by Crippen LogP contribution is 2.40. The van der Waals surface area contributed by atoms with Crippen LogP contribution in [0.1, 0.15) is 58.7 Å². The summed E-state index contributed by atoms with van der Waals surface area (Å²) >= 11 is 0.